The van der Waals surface area contributed by atoms with E-state index in [1.807, 2.05) is 42.5 Å². The first kappa shape index (κ1) is 12.4. The Balaban J connectivity index is 1.73. The van der Waals surface area contributed by atoms with E-state index >= 15 is 0 Å². The average molecular weight is 317 g/mol. The summed E-state index contributed by atoms with van der Waals surface area (Å²) in [7, 11) is 0. The zero-order valence-corrected chi connectivity index (χ0v) is 11.9. The second kappa shape index (κ2) is 5.17. The van der Waals surface area contributed by atoms with Crippen molar-refractivity contribution in [2.24, 2.45) is 0 Å². The minimum atomic E-state index is 0.244. The van der Waals surface area contributed by atoms with Crippen LogP contribution in [0.15, 0.2) is 46.9 Å². The Bertz CT molecular complexity index is 634. The number of benzene rings is 2. The van der Waals surface area contributed by atoms with Crippen LogP contribution in [0.5, 0.6) is 5.75 Å². The van der Waals surface area contributed by atoms with Gasteiger partial charge in [-0.25, -0.2) is 0 Å². The predicted octanol–water partition coefficient (Wildman–Crippen LogP) is 4.16. The van der Waals surface area contributed by atoms with Crippen LogP contribution in [-0.4, -0.2) is 5.78 Å². The van der Waals surface area contributed by atoms with E-state index in [-0.39, 0.29) is 5.78 Å². The Morgan fingerprint density at radius 3 is 2.84 bits per heavy atom. The fourth-order valence-electron chi connectivity index (χ4n) is 2.32. The second-order valence-corrected chi connectivity index (χ2v) is 5.58. The van der Waals surface area contributed by atoms with Crippen molar-refractivity contribution in [2.45, 2.75) is 19.4 Å². The summed E-state index contributed by atoms with van der Waals surface area (Å²) >= 11 is 3.44. The fourth-order valence-corrected chi connectivity index (χ4v) is 2.76. The molecular formula is C16H13BrO2. The quantitative estimate of drug-likeness (QED) is 0.850. The molecule has 0 heterocycles. The molecule has 2 aromatic carbocycles. The normalized spacial score (nSPS) is 13.4. The van der Waals surface area contributed by atoms with Crippen LogP contribution in [-0.2, 0) is 13.0 Å². The summed E-state index contributed by atoms with van der Waals surface area (Å²) in [6.45, 7) is 0.534. The van der Waals surface area contributed by atoms with E-state index in [0.717, 1.165) is 33.3 Å². The number of ketones is 1. The van der Waals surface area contributed by atoms with E-state index in [1.54, 1.807) is 0 Å². The number of rotatable bonds is 3. The van der Waals surface area contributed by atoms with Crippen molar-refractivity contribution in [1.29, 1.82) is 0 Å². The minimum absolute atomic E-state index is 0.244. The van der Waals surface area contributed by atoms with E-state index in [9.17, 15) is 4.79 Å². The summed E-state index contributed by atoms with van der Waals surface area (Å²) in [6, 6.07) is 13.8. The number of carbonyl (C=O) groups excluding carboxylic acids is 1. The third-order valence-corrected chi connectivity index (χ3v) is 3.79. The minimum Gasteiger partial charge on any atom is -0.489 e. The maximum Gasteiger partial charge on any atom is 0.163 e. The van der Waals surface area contributed by atoms with Crippen molar-refractivity contribution in [3.05, 3.63) is 63.6 Å². The van der Waals surface area contributed by atoms with Gasteiger partial charge in [0.15, 0.2) is 5.78 Å². The molecular weight excluding hydrogens is 304 g/mol. The van der Waals surface area contributed by atoms with Gasteiger partial charge in [-0.05, 0) is 47.9 Å². The molecule has 3 heteroatoms. The van der Waals surface area contributed by atoms with Crippen LogP contribution in [0.25, 0.3) is 0 Å². The molecule has 0 aromatic heterocycles. The number of Topliss-reactive ketones (excluding diaryl/α,β-unsaturated/α-hetero) is 1. The summed E-state index contributed by atoms with van der Waals surface area (Å²) in [5, 5.41) is 0. The zero-order chi connectivity index (χ0) is 13.2. The smallest absolute Gasteiger partial charge is 0.163 e. The van der Waals surface area contributed by atoms with Gasteiger partial charge in [0.05, 0.1) is 0 Å². The molecule has 1 aliphatic carbocycles. The molecule has 0 aliphatic heterocycles. The van der Waals surface area contributed by atoms with Crippen molar-refractivity contribution >= 4 is 21.7 Å². The van der Waals surface area contributed by atoms with Crippen molar-refractivity contribution in [3.8, 4) is 5.75 Å². The van der Waals surface area contributed by atoms with Crippen LogP contribution in [0.1, 0.15) is 27.9 Å². The molecule has 0 unspecified atom stereocenters. The van der Waals surface area contributed by atoms with Crippen LogP contribution < -0.4 is 4.74 Å². The Hall–Kier alpha value is -1.61. The summed E-state index contributed by atoms with van der Waals surface area (Å²) in [6.07, 6.45) is 1.46. The molecule has 0 atom stereocenters. The van der Waals surface area contributed by atoms with Crippen LogP contribution in [0, 0.1) is 0 Å². The van der Waals surface area contributed by atoms with Crippen molar-refractivity contribution in [1.82, 2.24) is 0 Å². The lowest BCUT2D eigenvalue weighted by atomic mass is 10.1. The van der Waals surface area contributed by atoms with E-state index < -0.39 is 0 Å². The van der Waals surface area contributed by atoms with Crippen LogP contribution in [0.2, 0.25) is 0 Å². The number of aryl methyl sites for hydroxylation is 1. The molecule has 0 N–H and O–H groups in total. The lowest BCUT2D eigenvalue weighted by molar-refractivity contribution is 0.0994. The topological polar surface area (TPSA) is 26.3 Å². The summed E-state index contributed by atoms with van der Waals surface area (Å²) in [5.41, 5.74) is 3.08. The maximum absolute atomic E-state index is 11.5. The van der Waals surface area contributed by atoms with Gasteiger partial charge in [0.1, 0.15) is 12.4 Å². The highest BCUT2D eigenvalue weighted by molar-refractivity contribution is 9.10. The Kier molecular flexibility index (Phi) is 3.38. The summed E-state index contributed by atoms with van der Waals surface area (Å²) in [5.74, 6) is 1.07. The van der Waals surface area contributed by atoms with E-state index in [4.69, 9.17) is 4.74 Å². The van der Waals surface area contributed by atoms with E-state index in [0.29, 0.717) is 13.0 Å². The Morgan fingerprint density at radius 2 is 2.00 bits per heavy atom. The van der Waals surface area contributed by atoms with Gasteiger partial charge >= 0.3 is 0 Å². The summed E-state index contributed by atoms with van der Waals surface area (Å²) < 4.78 is 6.82. The molecule has 0 spiro atoms. The van der Waals surface area contributed by atoms with Gasteiger partial charge in [0.25, 0.3) is 0 Å². The number of halogens is 1. The highest BCUT2D eigenvalue weighted by Crippen LogP contribution is 2.26. The highest BCUT2D eigenvalue weighted by Gasteiger charge is 2.19. The Labute approximate surface area is 120 Å². The molecule has 2 aromatic rings. The lowest BCUT2D eigenvalue weighted by Gasteiger charge is -2.08. The van der Waals surface area contributed by atoms with Crippen molar-refractivity contribution in [2.75, 3.05) is 0 Å². The van der Waals surface area contributed by atoms with E-state index in [2.05, 4.69) is 15.9 Å². The first-order valence-electron chi connectivity index (χ1n) is 6.26. The van der Waals surface area contributed by atoms with Gasteiger partial charge in [0.2, 0.25) is 0 Å². The molecule has 19 heavy (non-hydrogen) atoms. The lowest BCUT2D eigenvalue weighted by Crippen LogP contribution is -1.97. The molecule has 0 bridgehead atoms. The number of carbonyl (C=O) groups is 1. The maximum atomic E-state index is 11.5. The molecule has 0 radical (unpaired) electrons. The van der Waals surface area contributed by atoms with Gasteiger partial charge < -0.3 is 4.74 Å². The van der Waals surface area contributed by atoms with Crippen molar-refractivity contribution < 1.29 is 9.53 Å². The first-order valence-corrected chi connectivity index (χ1v) is 7.05. The average Bonchev–Trinajstić information content (AvgIpc) is 2.78. The SMILES string of the molecule is O=C1CCc2cc(OCc3cccc(Br)c3)ccc21. The number of hydrogen-bond acceptors (Lipinski definition) is 2. The standard InChI is InChI=1S/C16H13BrO2/c17-13-3-1-2-11(8-13)10-19-14-5-6-15-12(9-14)4-7-16(15)18/h1-3,5-6,8-9H,4,7,10H2. The Morgan fingerprint density at radius 1 is 1.11 bits per heavy atom. The molecule has 0 amide bonds. The van der Waals surface area contributed by atoms with Gasteiger partial charge in [-0.3, -0.25) is 4.79 Å². The van der Waals surface area contributed by atoms with Crippen LogP contribution >= 0.6 is 15.9 Å². The fraction of sp³-hybridized carbons (Fsp3) is 0.188. The molecule has 0 saturated carbocycles. The third kappa shape index (κ3) is 2.71. The molecule has 0 fully saturated rings. The van der Waals surface area contributed by atoms with Gasteiger partial charge in [-0.1, -0.05) is 28.1 Å². The van der Waals surface area contributed by atoms with E-state index in [1.165, 1.54) is 0 Å². The first-order chi connectivity index (χ1) is 9.22. The summed E-state index contributed by atoms with van der Waals surface area (Å²) in [4.78, 5) is 11.5. The number of fused-ring (bicyclic) bond motifs is 1. The van der Waals surface area contributed by atoms with Gasteiger partial charge in [0, 0.05) is 16.5 Å². The van der Waals surface area contributed by atoms with Crippen molar-refractivity contribution in [3.63, 3.8) is 0 Å². The predicted molar refractivity (Wildman–Crippen MR) is 77.6 cm³/mol. The van der Waals surface area contributed by atoms with Gasteiger partial charge in [-0.2, -0.15) is 0 Å². The molecule has 1 aliphatic rings. The largest absolute Gasteiger partial charge is 0.489 e. The molecule has 2 nitrogen and oxygen atoms in total. The zero-order valence-electron chi connectivity index (χ0n) is 10.4. The van der Waals surface area contributed by atoms with Crippen LogP contribution in [0.3, 0.4) is 0 Å². The third-order valence-electron chi connectivity index (χ3n) is 3.29. The number of hydrogen-bond donors (Lipinski definition) is 0. The monoisotopic (exact) mass is 316 g/mol. The molecule has 3 rings (SSSR count). The molecule has 0 saturated heterocycles. The highest BCUT2D eigenvalue weighted by atomic mass is 79.9. The molecule has 96 valence electrons. The van der Waals surface area contributed by atoms with Gasteiger partial charge in [-0.15, -0.1) is 0 Å². The van der Waals surface area contributed by atoms with Crippen LogP contribution in [0.4, 0.5) is 0 Å². The second-order valence-electron chi connectivity index (χ2n) is 4.66. The number of ether oxygens (including phenoxy) is 1.